The van der Waals surface area contributed by atoms with Crippen LogP contribution in [0.25, 0.3) is 5.65 Å². The maximum Gasteiger partial charge on any atom is 0.169 e. The van der Waals surface area contributed by atoms with Gasteiger partial charge in [-0.2, -0.15) is 5.10 Å². The highest BCUT2D eigenvalue weighted by Crippen LogP contribution is 2.25. The molecule has 0 spiro atoms. The summed E-state index contributed by atoms with van der Waals surface area (Å²) in [5, 5.41) is 8.11. The Morgan fingerprint density at radius 3 is 3.22 bits per heavy atom. The van der Waals surface area contributed by atoms with E-state index in [2.05, 4.69) is 33.2 Å². The van der Waals surface area contributed by atoms with Gasteiger partial charge >= 0.3 is 0 Å². The van der Waals surface area contributed by atoms with E-state index in [9.17, 15) is 0 Å². The van der Waals surface area contributed by atoms with Crippen molar-refractivity contribution >= 4 is 21.6 Å². The fraction of sp³-hybridized carbons (Fsp3) is 0.538. The van der Waals surface area contributed by atoms with E-state index in [1.807, 2.05) is 10.7 Å². The number of aromatic nitrogens is 3. The first kappa shape index (κ1) is 12.1. The summed E-state index contributed by atoms with van der Waals surface area (Å²) in [5.41, 5.74) is 4.67. The average molecular weight is 309 g/mol. The summed E-state index contributed by atoms with van der Waals surface area (Å²) in [5.74, 6) is 0. The van der Waals surface area contributed by atoms with Crippen molar-refractivity contribution in [2.24, 2.45) is 0 Å². The minimum Gasteiger partial charge on any atom is -0.312 e. The van der Waals surface area contributed by atoms with E-state index in [-0.39, 0.29) is 0 Å². The summed E-state index contributed by atoms with van der Waals surface area (Å²) in [6.07, 6.45) is 6.39. The summed E-state index contributed by atoms with van der Waals surface area (Å²) < 4.78 is 3.10. The van der Waals surface area contributed by atoms with Crippen LogP contribution in [0, 0.1) is 0 Å². The molecule has 0 radical (unpaired) electrons. The van der Waals surface area contributed by atoms with E-state index in [0.29, 0.717) is 0 Å². The fourth-order valence-corrected chi connectivity index (χ4v) is 2.98. The van der Waals surface area contributed by atoms with E-state index in [4.69, 9.17) is 5.10 Å². The largest absolute Gasteiger partial charge is 0.312 e. The van der Waals surface area contributed by atoms with Gasteiger partial charge in [-0.3, -0.25) is 0 Å². The van der Waals surface area contributed by atoms with Crippen molar-refractivity contribution in [2.75, 3.05) is 6.54 Å². The molecule has 0 fully saturated rings. The molecule has 0 aromatic carbocycles. The van der Waals surface area contributed by atoms with Gasteiger partial charge in [-0.05, 0) is 28.8 Å². The van der Waals surface area contributed by atoms with Gasteiger partial charge < -0.3 is 5.32 Å². The number of hydrogen-bond acceptors (Lipinski definition) is 3. The number of nitrogens with one attached hydrogen (secondary N) is 1. The van der Waals surface area contributed by atoms with Gasteiger partial charge in [0.25, 0.3) is 0 Å². The molecule has 0 amide bonds. The molecule has 3 rings (SSSR count). The minimum atomic E-state index is 0.903. The van der Waals surface area contributed by atoms with E-state index < -0.39 is 0 Å². The molecule has 3 heterocycles. The first-order valence-electron chi connectivity index (χ1n) is 6.56. The molecule has 0 aliphatic carbocycles. The quantitative estimate of drug-likeness (QED) is 0.947. The number of nitrogens with zero attached hydrogens (tertiary/aromatic N) is 3. The van der Waals surface area contributed by atoms with E-state index in [0.717, 1.165) is 41.7 Å². The van der Waals surface area contributed by atoms with Gasteiger partial charge in [-0.25, -0.2) is 9.50 Å². The number of hydrogen-bond donors (Lipinski definition) is 1. The molecule has 0 bridgehead atoms. The van der Waals surface area contributed by atoms with Crippen LogP contribution in [0.2, 0.25) is 0 Å². The van der Waals surface area contributed by atoms with Crippen LogP contribution in [0.1, 0.15) is 36.7 Å². The lowest BCUT2D eigenvalue weighted by Gasteiger charge is -2.16. The van der Waals surface area contributed by atoms with Crippen LogP contribution >= 0.6 is 15.9 Å². The standard InChI is InChI=1S/C13H17BrN4/c1-2-3-4-10-12(14)13-16-8-9-7-15-6-5-11(9)18(13)17-10/h8,15H,2-7H2,1H3. The van der Waals surface area contributed by atoms with Gasteiger partial charge in [0.15, 0.2) is 5.65 Å². The highest BCUT2D eigenvalue weighted by atomic mass is 79.9. The maximum atomic E-state index is 4.74. The van der Waals surface area contributed by atoms with Crippen molar-refractivity contribution in [1.29, 1.82) is 0 Å². The number of aryl methyl sites for hydroxylation is 1. The first-order chi connectivity index (χ1) is 8.81. The molecule has 0 saturated heterocycles. The Hall–Kier alpha value is -0.940. The van der Waals surface area contributed by atoms with Crippen LogP contribution in [0.15, 0.2) is 10.7 Å². The van der Waals surface area contributed by atoms with E-state index in [1.165, 1.54) is 24.1 Å². The second-order valence-electron chi connectivity index (χ2n) is 4.76. The molecular formula is C13H17BrN4. The molecule has 0 saturated carbocycles. The molecule has 4 nitrogen and oxygen atoms in total. The Morgan fingerprint density at radius 2 is 2.39 bits per heavy atom. The topological polar surface area (TPSA) is 42.2 Å². The van der Waals surface area contributed by atoms with Crippen molar-refractivity contribution in [3.05, 3.63) is 27.6 Å². The van der Waals surface area contributed by atoms with Crippen LogP contribution in [-0.4, -0.2) is 21.1 Å². The fourth-order valence-electron chi connectivity index (χ4n) is 2.43. The molecule has 0 unspecified atom stereocenters. The van der Waals surface area contributed by atoms with Crippen molar-refractivity contribution in [3.63, 3.8) is 0 Å². The Bertz CT molecular complexity index is 576. The molecule has 18 heavy (non-hydrogen) atoms. The van der Waals surface area contributed by atoms with Gasteiger partial charge in [-0.15, -0.1) is 0 Å². The second kappa shape index (κ2) is 4.97. The van der Waals surface area contributed by atoms with Crippen molar-refractivity contribution < 1.29 is 0 Å². The third-order valence-electron chi connectivity index (χ3n) is 3.46. The van der Waals surface area contributed by atoms with Gasteiger partial charge in [0.05, 0.1) is 15.9 Å². The maximum absolute atomic E-state index is 4.74. The molecule has 0 atom stereocenters. The molecule has 2 aromatic heterocycles. The normalized spacial score (nSPS) is 15.0. The smallest absolute Gasteiger partial charge is 0.169 e. The molecule has 1 aliphatic heterocycles. The zero-order valence-corrected chi connectivity index (χ0v) is 12.1. The number of halogens is 1. The Balaban J connectivity index is 2.11. The van der Waals surface area contributed by atoms with Crippen LogP contribution in [-0.2, 0) is 19.4 Å². The van der Waals surface area contributed by atoms with Crippen LogP contribution in [0.3, 0.4) is 0 Å². The summed E-state index contributed by atoms with van der Waals surface area (Å²) >= 11 is 3.65. The summed E-state index contributed by atoms with van der Waals surface area (Å²) in [4.78, 5) is 4.54. The summed E-state index contributed by atoms with van der Waals surface area (Å²) in [7, 11) is 0. The number of unbranched alkanes of at least 4 members (excludes halogenated alkanes) is 1. The average Bonchev–Trinajstić information content (AvgIpc) is 2.74. The van der Waals surface area contributed by atoms with Gasteiger partial charge in [-0.1, -0.05) is 13.3 Å². The Kier molecular flexibility index (Phi) is 3.35. The molecular weight excluding hydrogens is 292 g/mol. The monoisotopic (exact) mass is 308 g/mol. The molecule has 2 aromatic rings. The zero-order chi connectivity index (χ0) is 12.5. The zero-order valence-electron chi connectivity index (χ0n) is 10.5. The van der Waals surface area contributed by atoms with Crippen LogP contribution in [0.5, 0.6) is 0 Å². The van der Waals surface area contributed by atoms with Crippen LogP contribution in [0.4, 0.5) is 0 Å². The highest BCUT2D eigenvalue weighted by molar-refractivity contribution is 9.10. The Labute approximate surface area is 115 Å². The van der Waals surface area contributed by atoms with Gasteiger partial charge in [0, 0.05) is 31.3 Å². The minimum absolute atomic E-state index is 0.903. The molecule has 1 aliphatic rings. The third-order valence-corrected chi connectivity index (χ3v) is 4.27. The molecule has 5 heteroatoms. The predicted molar refractivity (Wildman–Crippen MR) is 74.7 cm³/mol. The molecule has 96 valence electrons. The predicted octanol–water partition coefficient (Wildman–Crippen LogP) is 2.48. The van der Waals surface area contributed by atoms with Crippen molar-refractivity contribution in [3.8, 4) is 0 Å². The second-order valence-corrected chi connectivity index (χ2v) is 5.55. The number of rotatable bonds is 3. The van der Waals surface area contributed by atoms with Gasteiger partial charge in [0.1, 0.15) is 0 Å². The Morgan fingerprint density at radius 1 is 1.50 bits per heavy atom. The van der Waals surface area contributed by atoms with Gasteiger partial charge in [0.2, 0.25) is 0 Å². The highest BCUT2D eigenvalue weighted by Gasteiger charge is 2.18. The van der Waals surface area contributed by atoms with E-state index in [1.54, 1.807) is 0 Å². The molecule has 1 N–H and O–H groups in total. The number of fused-ring (bicyclic) bond motifs is 3. The van der Waals surface area contributed by atoms with Crippen molar-refractivity contribution in [1.82, 2.24) is 19.9 Å². The lowest BCUT2D eigenvalue weighted by atomic mass is 10.1. The SMILES string of the molecule is CCCCc1nn2c3c(cnc2c1Br)CNCC3. The van der Waals surface area contributed by atoms with Crippen molar-refractivity contribution in [2.45, 2.75) is 39.2 Å². The summed E-state index contributed by atoms with van der Waals surface area (Å²) in [6, 6.07) is 0. The van der Waals surface area contributed by atoms with Crippen LogP contribution < -0.4 is 5.32 Å². The lowest BCUT2D eigenvalue weighted by Crippen LogP contribution is -2.26. The van der Waals surface area contributed by atoms with E-state index >= 15 is 0 Å². The first-order valence-corrected chi connectivity index (χ1v) is 7.35. The summed E-state index contributed by atoms with van der Waals surface area (Å²) in [6.45, 7) is 4.13. The lowest BCUT2D eigenvalue weighted by molar-refractivity contribution is 0.607. The third kappa shape index (κ3) is 1.95.